The fourth-order valence-electron chi connectivity index (χ4n) is 2.15. The lowest BCUT2D eigenvalue weighted by atomic mass is 10.3. The summed E-state index contributed by atoms with van der Waals surface area (Å²) in [5.74, 6) is 1.65. The van der Waals surface area contributed by atoms with Crippen molar-refractivity contribution >= 4 is 21.8 Å². The van der Waals surface area contributed by atoms with Crippen LogP contribution in [0.5, 0.6) is 0 Å². The van der Waals surface area contributed by atoms with Crippen LogP contribution >= 0.6 is 15.9 Å². The van der Waals surface area contributed by atoms with Gasteiger partial charge in [0.2, 0.25) is 0 Å². The summed E-state index contributed by atoms with van der Waals surface area (Å²) in [5.41, 5.74) is 0.699. The molecule has 0 bridgehead atoms. The van der Waals surface area contributed by atoms with Crippen molar-refractivity contribution < 1.29 is 9.21 Å². The second-order valence-corrected chi connectivity index (χ2v) is 5.83. The highest BCUT2D eigenvalue weighted by molar-refractivity contribution is 9.10. The minimum absolute atomic E-state index is 0.00166. The SMILES string of the molecule is CCCn1cc(Br)cc1C(=O)N(C)Cc1ccc(C)o1. The largest absolute Gasteiger partial charge is 0.464 e. The molecule has 0 radical (unpaired) electrons. The summed E-state index contributed by atoms with van der Waals surface area (Å²) in [7, 11) is 1.79. The Bertz CT molecular complexity index is 601. The van der Waals surface area contributed by atoms with Crippen molar-refractivity contribution in [3.8, 4) is 0 Å². The van der Waals surface area contributed by atoms with Crippen molar-refractivity contribution in [1.29, 1.82) is 0 Å². The van der Waals surface area contributed by atoms with E-state index in [0.717, 1.165) is 29.0 Å². The second-order valence-electron chi connectivity index (χ2n) is 4.91. The molecule has 0 unspecified atom stereocenters. The van der Waals surface area contributed by atoms with E-state index >= 15 is 0 Å². The molecule has 4 nitrogen and oxygen atoms in total. The fraction of sp³-hybridized carbons (Fsp3) is 0.400. The van der Waals surface area contributed by atoms with E-state index in [-0.39, 0.29) is 5.91 Å². The molecule has 5 heteroatoms. The maximum Gasteiger partial charge on any atom is 0.270 e. The quantitative estimate of drug-likeness (QED) is 0.830. The van der Waals surface area contributed by atoms with Crippen molar-refractivity contribution in [1.82, 2.24) is 9.47 Å². The zero-order valence-electron chi connectivity index (χ0n) is 12.0. The van der Waals surface area contributed by atoms with E-state index in [1.54, 1.807) is 11.9 Å². The zero-order valence-corrected chi connectivity index (χ0v) is 13.6. The van der Waals surface area contributed by atoms with Crippen LogP contribution in [-0.4, -0.2) is 22.4 Å². The van der Waals surface area contributed by atoms with Crippen molar-refractivity contribution in [2.75, 3.05) is 7.05 Å². The molecule has 20 heavy (non-hydrogen) atoms. The molecule has 108 valence electrons. The Hall–Kier alpha value is -1.49. The topological polar surface area (TPSA) is 38.4 Å². The van der Waals surface area contributed by atoms with Crippen molar-refractivity contribution in [3.05, 3.63) is 46.1 Å². The first kappa shape index (κ1) is 14.9. The van der Waals surface area contributed by atoms with Crippen LogP contribution in [0.25, 0.3) is 0 Å². The third-order valence-corrected chi connectivity index (χ3v) is 3.52. The van der Waals surface area contributed by atoms with Crippen LogP contribution in [0.2, 0.25) is 0 Å². The summed E-state index contributed by atoms with van der Waals surface area (Å²) < 4.78 is 8.42. The summed E-state index contributed by atoms with van der Waals surface area (Å²) in [6.07, 6.45) is 2.93. The molecule has 1 amide bonds. The lowest BCUT2D eigenvalue weighted by Crippen LogP contribution is -2.28. The van der Waals surface area contributed by atoms with E-state index in [9.17, 15) is 4.79 Å². The standard InChI is InChI=1S/C15H19BrN2O2/c1-4-7-18-9-12(16)8-14(18)15(19)17(3)10-13-6-5-11(2)20-13/h5-6,8-9H,4,7,10H2,1-3H3. The number of nitrogens with zero attached hydrogens (tertiary/aromatic N) is 2. The molecule has 2 rings (SSSR count). The van der Waals surface area contributed by atoms with Gasteiger partial charge >= 0.3 is 0 Å². The van der Waals surface area contributed by atoms with E-state index < -0.39 is 0 Å². The maximum absolute atomic E-state index is 12.5. The number of rotatable bonds is 5. The van der Waals surface area contributed by atoms with Crippen LogP contribution < -0.4 is 0 Å². The number of hydrogen-bond acceptors (Lipinski definition) is 2. The van der Waals surface area contributed by atoms with Gasteiger partial charge in [0.1, 0.15) is 17.2 Å². The summed E-state index contributed by atoms with van der Waals surface area (Å²) in [6, 6.07) is 5.67. The van der Waals surface area contributed by atoms with Gasteiger partial charge in [-0.25, -0.2) is 0 Å². The van der Waals surface area contributed by atoms with Crippen molar-refractivity contribution in [3.63, 3.8) is 0 Å². The third-order valence-electron chi connectivity index (χ3n) is 3.08. The Morgan fingerprint density at radius 3 is 2.80 bits per heavy atom. The van der Waals surface area contributed by atoms with Gasteiger partial charge in [0.05, 0.1) is 6.54 Å². The first-order chi connectivity index (χ1) is 9.51. The molecule has 0 aliphatic rings. The maximum atomic E-state index is 12.5. The molecule has 2 aromatic heterocycles. The number of amides is 1. The summed E-state index contributed by atoms with van der Waals surface area (Å²) >= 11 is 3.43. The Kier molecular flexibility index (Phi) is 4.70. The molecule has 0 fully saturated rings. The molecule has 0 saturated carbocycles. The summed E-state index contributed by atoms with van der Waals surface area (Å²) in [5, 5.41) is 0. The van der Waals surface area contributed by atoms with Gasteiger partial charge in [0.15, 0.2) is 0 Å². The highest BCUT2D eigenvalue weighted by atomic mass is 79.9. The van der Waals surface area contributed by atoms with Crippen LogP contribution in [0.15, 0.2) is 33.3 Å². The first-order valence-corrected chi connectivity index (χ1v) is 7.47. The Balaban J connectivity index is 2.13. The molecule has 2 heterocycles. The van der Waals surface area contributed by atoms with Crippen LogP contribution in [0.3, 0.4) is 0 Å². The normalized spacial score (nSPS) is 10.8. The van der Waals surface area contributed by atoms with E-state index in [0.29, 0.717) is 12.2 Å². The number of aromatic nitrogens is 1. The van der Waals surface area contributed by atoms with E-state index in [2.05, 4.69) is 22.9 Å². The van der Waals surface area contributed by atoms with E-state index in [1.807, 2.05) is 35.9 Å². The van der Waals surface area contributed by atoms with Crippen LogP contribution in [0, 0.1) is 6.92 Å². The molecule has 0 N–H and O–H groups in total. The molecule has 0 aromatic carbocycles. The minimum atomic E-state index is -0.00166. The van der Waals surface area contributed by atoms with E-state index in [4.69, 9.17) is 4.42 Å². The Morgan fingerprint density at radius 1 is 1.45 bits per heavy atom. The average Bonchev–Trinajstić information content (AvgIpc) is 2.95. The Morgan fingerprint density at radius 2 is 2.20 bits per heavy atom. The molecular weight excluding hydrogens is 320 g/mol. The van der Waals surface area contributed by atoms with Gasteiger partial charge in [-0.15, -0.1) is 0 Å². The van der Waals surface area contributed by atoms with Gasteiger partial charge in [-0.2, -0.15) is 0 Å². The predicted octanol–water partition coefficient (Wildman–Crippen LogP) is 3.83. The van der Waals surface area contributed by atoms with Gasteiger partial charge in [-0.05, 0) is 47.5 Å². The molecule has 0 spiro atoms. The molecule has 2 aromatic rings. The molecule has 0 aliphatic heterocycles. The minimum Gasteiger partial charge on any atom is -0.464 e. The highest BCUT2D eigenvalue weighted by Gasteiger charge is 2.18. The lowest BCUT2D eigenvalue weighted by molar-refractivity contribution is 0.0764. The summed E-state index contributed by atoms with van der Waals surface area (Å²) in [4.78, 5) is 14.2. The molecule has 0 atom stereocenters. The van der Waals surface area contributed by atoms with Gasteiger partial charge < -0.3 is 13.9 Å². The Labute approximate surface area is 127 Å². The van der Waals surface area contributed by atoms with Gasteiger partial charge in [0, 0.05) is 24.3 Å². The van der Waals surface area contributed by atoms with Gasteiger partial charge in [-0.3, -0.25) is 4.79 Å². The van der Waals surface area contributed by atoms with Crippen molar-refractivity contribution in [2.45, 2.75) is 33.4 Å². The highest BCUT2D eigenvalue weighted by Crippen LogP contribution is 2.18. The van der Waals surface area contributed by atoms with Crippen LogP contribution in [-0.2, 0) is 13.1 Å². The molecule has 0 aliphatic carbocycles. The smallest absolute Gasteiger partial charge is 0.270 e. The number of carbonyl (C=O) groups excluding carboxylic acids is 1. The van der Waals surface area contributed by atoms with Crippen molar-refractivity contribution in [2.24, 2.45) is 0 Å². The molecule has 0 saturated heterocycles. The van der Waals surface area contributed by atoms with Gasteiger partial charge in [0.25, 0.3) is 5.91 Å². The predicted molar refractivity (Wildman–Crippen MR) is 81.7 cm³/mol. The number of hydrogen-bond donors (Lipinski definition) is 0. The first-order valence-electron chi connectivity index (χ1n) is 6.67. The third kappa shape index (κ3) is 3.33. The second kappa shape index (κ2) is 6.31. The van der Waals surface area contributed by atoms with Crippen LogP contribution in [0.1, 0.15) is 35.4 Å². The number of halogens is 1. The lowest BCUT2D eigenvalue weighted by Gasteiger charge is -2.17. The molecular formula is C15H19BrN2O2. The summed E-state index contributed by atoms with van der Waals surface area (Å²) in [6.45, 7) is 5.30. The van der Waals surface area contributed by atoms with Gasteiger partial charge in [-0.1, -0.05) is 6.92 Å². The zero-order chi connectivity index (χ0) is 14.7. The number of carbonyl (C=O) groups is 1. The average molecular weight is 339 g/mol. The van der Waals surface area contributed by atoms with E-state index in [1.165, 1.54) is 0 Å². The monoisotopic (exact) mass is 338 g/mol. The fourth-order valence-corrected chi connectivity index (χ4v) is 2.61. The number of aryl methyl sites for hydroxylation is 2. The van der Waals surface area contributed by atoms with Crippen LogP contribution in [0.4, 0.5) is 0 Å². The number of furan rings is 1.